The van der Waals surface area contributed by atoms with E-state index in [0.717, 1.165) is 16.9 Å². The number of benzene rings is 1. The van der Waals surface area contributed by atoms with Crippen molar-refractivity contribution in [1.82, 2.24) is 19.5 Å². The van der Waals surface area contributed by atoms with Gasteiger partial charge in [-0.05, 0) is 44.9 Å². The highest BCUT2D eigenvalue weighted by Crippen LogP contribution is 2.28. The van der Waals surface area contributed by atoms with Crippen molar-refractivity contribution in [2.75, 3.05) is 16.4 Å². The Morgan fingerprint density at radius 1 is 1.15 bits per heavy atom. The first-order chi connectivity index (χ1) is 13.1. The van der Waals surface area contributed by atoms with E-state index in [0.29, 0.717) is 23.5 Å². The maximum absolute atomic E-state index is 5.92. The van der Waals surface area contributed by atoms with E-state index in [4.69, 9.17) is 15.7 Å². The first-order valence-corrected chi connectivity index (χ1v) is 9.74. The fourth-order valence-electron chi connectivity index (χ4n) is 3.63. The molecule has 0 bridgehead atoms. The zero-order valence-corrected chi connectivity index (χ0v) is 15.9. The average Bonchev–Trinajstić information content (AvgIpc) is 3.07. The molecule has 2 heterocycles. The lowest BCUT2D eigenvalue weighted by molar-refractivity contribution is 0.461. The Kier molecular flexibility index (Phi) is 4.83. The Hall–Kier alpha value is -2.83. The summed E-state index contributed by atoms with van der Waals surface area (Å²) in [5, 5.41) is 6.91. The second-order valence-electron chi connectivity index (χ2n) is 7.54. The molecule has 142 valence electrons. The van der Waals surface area contributed by atoms with Crippen molar-refractivity contribution in [1.29, 1.82) is 0 Å². The Labute approximate surface area is 159 Å². The van der Waals surface area contributed by atoms with E-state index < -0.39 is 0 Å². The minimum Gasteiger partial charge on any atom is -0.399 e. The number of nitrogens with one attached hydrogen (secondary N) is 2. The monoisotopic (exact) mass is 365 g/mol. The van der Waals surface area contributed by atoms with E-state index >= 15 is 0 Å². The molecule has 0 saturated heterocycles. The molecule has 1 fully saturated rings. The van der Waals surface area contributed by atoms with Crippen LogP contribution in [0.1, 0.15) is 52.0 Å². The van der Waals surface area contributed by atoms with Gasteiger partial charge < -0.3 is 20.9 Å². The lowest BCUT2D eigenvalue weighted by Crippen LogP contribution is -2.23. The number of hydrogen-bond acceptors (Lipinski definition) is 6. The van der Waals surface area contributed by atoms with Gasteiger partial charge in [-0.1, -0.05) is 25.3 Å². The van der Waals surface area contributed by atoms with Gasteiger partial charge in [-0.3, -0.25) is 0 Å². The highest BCUT2D eigenvalue weighted by Gasteiger charge is 2.18. The first kappa shape index (κ1) is 17.6. The molecule has 0 amide bonds. The van der Waals surface area contributed by atoms with Gasteiger partial charge in [0.05, 0.1) is 6.33 Å². The molecule has 0 spiro atoms. The van der Waals surface area contributed by atoms with E-state index in [-0.39, 0.29) is 6.04 Å². The van der Waals surface area contributed by atoms with Crippen LogP contribution in [-0.4, -0.2) is 25.6 Å². The third kappa shape index (κ3) is 3.82. The van der Waals surface area contributed by atoms with Crippen molar-refractivity contribution >= 4 is 34.3 Å². The molecule has 0 radical (unpaired) electrons. The zero-order chi connectivity index (χ0) is 18.8. The van der Waals surface area contributed by atoms with Gasteiger partial charge in [0.25, 0.3) is 0 Å². The summed E-state index contributed by atoms with van der Waals surface area (Å²) in [6, 6.07) is 8.35. The zero-order valence-electron chi connectivity index (χ0n) is 15.9. The largest absolute Gasteiger partial charge is 0.399 e. The summed E-state index contributed by atoms with van der Waals surface area (Å²) in [6.45, 7) is 4.25. The smallest absolute Gasteiger partial charge is 0.227 e. The van der Waals surface area contributed by atoms with Crippen LogP contribution in [0, 0.1) is 0 Å². The van der Waals surface area contributed by atoms with Gasteiger partial charge in [0.2, 0.25) is 5.95 Å². The molecular weight excluding hydrogens is 338 g/mol. The summed E-state index contributed by atoms with van der Waals surface area (Å²) in [5.74, 6) is 1.35. The Morgan fingerprint density at radius 2 is 1.96 bits per heavy atom. The molecule has 1 aliphatic carbocycles. The molecule has 0 unspecified atom stereocenters. The van der Waals surface area contributed by atoms with Gasteiger partial charge in [-0.2, -0.15) is 9.97 Å². The summed E-state index contributed by atoms with van der Waals surface area (Å²) in [7, 11) is 0. The molecule has 0 atom stereocenters. The second kappa shape index (κ2) is 7.42. The third-order valence-corrected chi connectivity index (χ3v) is 5.07. The van der Waals surface area contributed by atoms with Crippen LogP contribution in [0.15, 0.2) is 30.6 Å². The number of imidazole rings is 1. The molecule has 3 aromatic rings. The molecule has 4 N–H and O–H groups in total. The van der Waals surface area contributed by atoms with Crippen molar-refractivity contribution in [3.8, 4) is 0 Å². The van der Waals surface area contributed by atoms with Crippen LogP contribution in [0.5, 0.6) is 0 Å². The van der Waals surface area contributed by atoms with E-state index in [9.17, 15) is 0 Å². The Bertz CT molecular complexity index is 925. The number of fused-ring (bicyclic) bond motifs is 1. The van der Waals surface area contributed by atoms with Crippen molar-refractivity contribution in [2.24, 2.45) is 0 Å². The van der Waals surface area contributed by atoms with Crippen molar-refractivity contribution < 1.29 is 0 Å². The number of anilines is 4. The molecule has 7 heteroatoms. The highest BCUT2D eigenvalue weighted by atomic mass is 15.2. The van der Waals surface area contributed by atoms with Crippen LogP contribution >= 0.6 is 0 Å². The van der Waals surface area contributed by atoms with Gasteiger partial charge in [-0.15, -0.1) is 0 Å². The third-order valence-electron chi connectivity index (χ3n) is 5.07. The predicted molar refractivity (Wildman–Crippen MR) is 110 cm³/mol. The van der Waals surface area contributed by atoms with E-state index in [1.807, 2.05) is 30.6 Å². The SMILES string of the molecule is CC(C)n1cnc2c(Nc3cccc(N)c3)nc(NC3CCCCC3)nc21. The van der Waals surface area contributed by atoms with E-state index in [1.165, 1.54) is 32.1 Å². The van der Waals surface area contributed by atoms with Gasteiger partial charge in [0.15, 0.2) is 17.0 Å². The molecule has 1 saturated carbocycles. The van der Waals surface area contributed by atoms with E-state index in [2.05, 4.69) is 34.0 Å². The lowest BCUT2D eigenvalue weighted by atomic mass is 9.96. The summed E-state index contributed by atoms with van der Waals surface area (Å²) >= 11 is 0. The van der Waals surface area contributed by atoms with Crippen LogP contribution in [0.4, 0.5) is 23.1 Å². The van der Waals surface area contributed by atoms with Crippen LogP contribution in [-0.2, 0) is 0 Å². The van der Waals surface area contributed by atoms with Crippen molar-refractivity contribution in [2.45, 2.75) is 58.0 Å². The quantitative estimate of drug-likeness (QED) is 0.577. The molecule has 1 aliphatic rings. The van der Waals surface area contributed by atoms with Gasteiger partial charge in [0, 0.05) is 23.5 Å². The molecular formula is C20H27N7. The van der Waals surface area contributed by atoms with Crippen LogP contribution in [0.25, 0.3) is 11.2 Å². The number of nitrogens with two attached hydrogens (primary N) is 1. The van der Waals surface area contributed by atoms with Gasteiger partial charge >= 0.3 is 0 Å². The van der Waals surface area contributed by atoms with Gasteiger partial charge in [-0.25, -0.2) is 4.98 Å². The fraction of sp³-hybridized carbons (Fsp3) is 0.450. The van der Waals surface area contributed by atoms with Crippen molar-refractivity contribution in [3.05, 3.63) is 30.6 Å². The summed E-state index contributed by atoms with van der Waals surface area (Å²) < 4.78 is 2.08. The first-order valence-electron chi connectivity index (χ1n) is 9.74. The number of rotatable bonds is 5. The van der Waals surface area contributed by atoms with Gasteiger partial charge in [0.1, 0.15) is 0 Å². The lowest BCUT2D eigenvalue weighted by Gasteiger charge is -2.23. The predicted octanol–water partition coefficient (Wildman–Crippen LogP) is 4.48. The summed E-state index contributed by atoms with van der Waals surface area (Å²) in [4.78, 5) is 14.1. The fourth-order valence-corrected chi connectivity index (χ4v) is 3.63. The summed E-state index contributed by atoms with van der Waals surface area (Å²) in [5.41, 5.74) is 9.11. The maximum Gasteiger partial charge on any atom is 0.227 e. The minimum absolute atomic E-state index is 0.271. The minimum atomic E-state index is 0.271. The number of hydrogen-bond donors (Lipinski definition) is 3. The number of nitrogens with zero attached hydrogens (tertiary/aromatic N) is 4. The topological polar surface area (TPSA) is 93.7 Å². The van der Waals surface area contributed by atoms with Crippen LogP contribution in [0.2, 0.25) is 0 Å². The second-order valence-corrected chi connectivity index (χ2v) is 7.54. The molecule has 2 aromatic heterocycles. The number of aromatic nitrogens is 4. The molecule has 4 rings (SSSR count). The average molecular weight is 365 g/mol. The van der Waals surface area contributed by atoms with Crippen molar-refractivity contribution in [3.63, 3.8) is 0 Å². The molecule has 7 nitrogen and oxygen atoms in total. The Morgan fingerprint density at radius 3 is 2.70 bits per heavy atom. The Balaban J connectivity index is 1.73. The van der Waals surface area contributed by atoms with Crippen LogP contribution < -0.4 is 16.4 Å². The molecule has 0 aliphatic heterocycles. The summed E-state index contributed by atoms with van der Waals surface area (Å²) in [6.07, 6.45) is 8.02. The molecule has 1 aromatic carbocycles. The molecule has 27 heavy (non-hydrogen) atoms. The van der Waals surface area contributed by atoms with Crippen LogP contribution in [0.3, 0.4) is 0 Å². The highest BCUT2D eigenvalue weighted by molar-refractivity contribution is 5.87. The maximum atomic E-state index is 5.92. The van der Waals surface area contributed by atoms with E-state index in [1.54, 1.807) is 0 Å². The number of nitrogen functional groups attached to an aromatic ring is 1. The standard InChI is InChI=1S/C20H27N7/c1-13(2)27-12-22-17-18(23-16-10-6-7-14(21)11-16)25-20(26-19(17)27)24-15-8-4-3-5-9-15/h6-7,10-13,15H,3-5,8-9,21H2,1-2H3,(H2,23,24,25,26). The normalized spacial score (nSPS) is 15.4.